The molecular weight excluding hydrogens is 546 g/mol. The Bertz CT molecular complexity index is 1150. The first-order valence-corrected chi connectivity index (χ1v) is 14.3. The SMILES string of the molecule is CCCCOc1ccc2c(c1)/C(=N/N1CC(=O)N(CCCCN3CCN(C)CC3)C1=O)CCO2.O=C(O)/C=C/C(=O)O. The molecule has 2 saturated heterocycles. The molecule has 0 bridgehead atoms. The molecule has 3 heterocycles. The van der Waals surface area contributed by atoms with Crippen molar-refractivity contribution in [3.8, 4) is 11.5 Å². The molecule has 0 saturated carbocycles. The van der Waals surface area contributed by atoms with Crippen molar-refractivity contribution in [2.75, 3.05) is 66.1 Å². The van der Waals surface area contributed by atoms with Crippen molar-refractivity contribution in [1.82, 2.24) is 19.7 Å². The molecule has 1 aromatic rings. The molecule has 0 aliphatic carbocycles. The number of piperazine rings is 1. The van der Waals surface area contributed by atoms with Crippen molar-refractivity contribution in [2.45, 2.75) is 39.0 Å². The van der Waals surface area contributed by atoms with E-state index in [1.165, 1.54) is 9.91 Å². The number of hydrogen-bond donors (Lipinski definition) is 2. The number of hydrazone groups is 1. The number of imide groups is 1. The van der Waals surface area contributed by atoms with Gasteiger partial charge in [0.2, 0.25) is 0 Å². The van der Waals surface area contributed by atoms with Gasteiger partial charge in [-0.1, -0.05) is 13.3 Å². The van der Waals surface area contributed by atoms with E-state index < -0.39 is 11.9 Å². The maximum absolute atomic E-state index is 12.9. The second kappa shape index (κ2) is 16.5. The Kier molecular flexibility index (Phi) is 12.8. The van der Waals surface area contributed by atoms with Crippen LogP contribution in [0.4, 0.5) is 4.79 Å². The summed E-state index contributed by atoms with van der Waals surface area (Å²) in [5.41, 5.74) is 1.58. The van der Waals surface area contributed by atoms with E-state index in [0.29, 0.717) is 38.3 Å². The molecule has 3 aliphatic rings. The largest absolute Gasteiger partial charge is 0.494 e. The van der Waals surface area contributed by atoms with Crippen molar-refractivity contribution in [1.29, 1.82) is 0 Å². The number of aliphatic carboxylic acids is 2. The highest BCUT2D eigenvalue weighted by Crippen LogP contribution is 2.30. The van der Waals surface area contributed by atoms with Crippen LogP contribution >= 0.6 is 0 Å². The van der Waals surface area contributed by atoms with Crippen LogP contribution in [0.5, 0.6) is 11.5 Å². The monoisotopic (exact) mass is 587 g/mol. The summed E-state index contributed by atoms with van der Waals surface area (Å²) in [5.74, 6) is -1.21. The fraction of sp³-hybridized carbons (Fsp3) is 0.552. The number of unbranched alkanes of at least 4 members (excludes halogenated alkanes) is 2. The first-order valence-electron chi connectivity index (χ1n) is 14.3. The van der Waals surface area contributed by atoms with E-state index in [4.69, 9.17) is 19.7 Å². The van der Waals surface area contributed by atoms with E-state index in [-0.39, 0.29) is 18.5 Å². The zero-order valence-corrected chi connectivity index (χ0v) is 24.4. The van der Waals surface area contributed by atoms with Crippen LogP contribution in [-0.2, 0) is 14.4 Å². The molecule has 0 unspecified atom stereocenters. The summed E-state index contributed by atoms with van der Waals surface area (Å²) in [7, 11) is 2.15. The third kappa shape index (κ3) is 10.1. The molecule has 0 spiro atoms. The molecule has 2 fully saturated rings. The summed E-state index contributed by atoms with van der Waals surface area (Å²) in [6.07, 6.45) is 5.53. The Labute approximate surface area is 245 Å². The number of likely N-dealkylation sites (N-methyl/N-ethyl adjacent to an activating group) is 1. The Hall–Kier alpha value is -3.97. The summed E-state index contributed by atoms with van der Waals surface area (Å²) in [6, 6.07) is 5.36. The van der Waals surface area contributed by atoms with Crippen LogP contribution in [0, 0.1) is 0 Å². The van der Waals surface area contributed by atoms with E-state index in [1.807, 2.05) is 18.2 Å². The summed E-state index contributed by atoms with van der Waals surface area (Å²) >= 11 is 0. The number of ether oxygens (including phenoxy) is 2. The first kappa shape index (κ1) is 32.5. The van der Waals surface area contributed by atoms with Crippen LogP contribution in [0.25, 0.3) is 0 Å². The molecule has 4 rings (SSSR count). The molecule has 2 N–H and O–H groups in total. The van der Waals surface area contributed by atoms with Crippen LogP contribution in [0.3, 0.4) is 0 Å². The number of hydrogen-bond acceptors (Lipinski definition) is 9. The van der Waals surface area contributed by atoms with Gasteiger partial charge in [-0.3, -0.25) is 9.69 Å². The normalized spacial score (nSPS) is 18.6. The number of carboxylic acid groups (broad SMARTS) is 2. The van der Waals surface area contributed by atoms with E-state index in [2.05, 4.69) is 28.9 Å². The lowest BCUT2D eigenvalue weighted by Gasteiger charge is -2.32. The standard InChI is InChI=1S/C25H37N5O4.C4H4O4/c1-3-4-16-33-20-7-8-23-21(18-20)22(9-17-34-23)26-30-19-24(31)29(25(30)32)11-6-5-10-28-14-12-27(2)13-15-28;5-3(6)1-2-4(7)8/h7-8,18H,3-6,9-17,19H2,1-2H3;1-2H,(H,5,6)(H,7,8)/b26-22+;2-1+. The van der Waals surface area contributed by atoms with E-state index in [0.717, 1.165) is 81.2 Å². The summed E-state index contributed by atoms with van der Waals surface area (Å²) in [4.78, 5) is 50.7. The second-order valence-corrected chi connectivity index (χ2v) is 10.3. The minimum Gasteiger partial charge on any atom is -0.494 e. The maximum Gasteiger partial charge on any atom is 0.347 e. The van der Waals surface area contributed by atoms with Gasteiger partial charge in [0.1, 0.15) is 18.0 Å². The lowest BCUT2D eigenvalue weighted by Crippen LogP contribution is -2.44. The van der Waals surface area contributed by atoms with Crippen LogP contribution in [-0.4, -0.2) is 126 Å². The van der Waals surface area contributed by atoms with E-state index in [9.17, 15) is 19.2 Å². The van der Waals surface area contributed by atoms with Gasteiger partial charge in [-0.2, -0.15) is 5.10 Å². The molecule has 42 heavy (non-hydrogen) atoms. The number of carboxylic acids is 2. The van der Waals surface area contributed by atoms with Gasteiger partial charge in [-0.05, 0) is 51.1 Å². The van der Waals surface area contributed by atoms with Crippen molar-refractivity contribution in [3.63, 3.8) is 0 Å². The second-order valence-electron chi connectivity index (χ2n) is 10.3. The van der Waals surface area contributed by atoms with E-state index in [1.54, 1.807) is 0 Å². The van der Waals surface area contributed by atoms with Crippen LogP contribution in [0.2, 0.25) is 0 Å². The van der Waals surface area contributed by atoms with Crippen molar-refractivity contribution < 1.29 is 38.9 Å². The molecule has 13 heteroatoms. The molecule has 1 aromatic carbocycles. The topological polar surface area (TPSA) is 153 Å². The number of fused-ring (bicyclic) bond motifs is 1. The Morgan fingerprint density at radius 1 is 1.02 bits per heavy atom. The van der Waals surface area contributed by atoms with Gasteiger partial charge in [0.05, 0.1) is 18.9 Å². The molecule has 230 valence electrons. The van der Waals surface area contributed by atoms with Crippen LogP contribution in [0.1, 0.15) is 44.6 Å². The van der Waals surface area contributed by atoms with Gasteiger partial charge in [-0.25, -0.2) is 19.4 Å². The van der Waals surface area contributed by atoms with Gasteiger partial charge in [0.15, 0.2) is 0 Å². The Balaban J connectivity index is 0.000000531. The fourth-order valence-corrected chi connectivity index (χ4v) is 4.57. The third-order valence-electron chi connectivity index (χ3n) is 6.97. The maximum atomic E-state index is 12.9. The van der Waals surface area contributed by atoms with Crippen molar-refractivity contribution in [2.24, 2.45) is 5.10 Å². The number of rotatable bonds is 12. The number of carbonyl (C=O) groups is 4. The number of nitrogens with zero attached hydrogens (tertiary/aromatic N) is 5. The average molecular weight is 588 g/mol. The predicted octanol–water partition coefficient (Wildman–Crippen LogP) is 2.36. The summed E-state index contributed by atoms with van der Waals surface area (Å²) in [5, 5.41) is 21.5. The zero-order valence-electron chi connectivity index (χ0n) is 24.4. The Morgan fingerprint density at radius 2 is 1.71 bits per heavy atom. The van der Waals surface area contributed by atoms with Gasteiger partial charge in [-0.15, -0.1) is 0 Å². The number of benzene rings is 1. The van der Waals surface area contributed by atoms with Crippen LogP contribution < -0.4 is 9.47 Å². The minimum absolute atomic E-state index is 0.0102. The lowest BCUT2D eigenvalue weighted by molar-refractivity contribution is -0.134. The summed E-state index contributed by atoms with van der Waals surface area (Å²) < 4.78 is 11.6. The smallest absolute Gasteiger partial charge is 0.347 e. The van der Waals surface area contributed by atoms with Crippen molar-refractivity contribution in [3.05, 3.63) is 35.9 Å². The molecule has 3 aliphatic heterocycles. The highest BCUT2D eigenvalue weighted by atomic mass is 16.5. The molecule has 13 nitrogen and oxygen atoms in total. The predicted molar refractivity (Wildman–Crippen MR) is 155 cm³/mol. The Morgan fingerprint density at radius 3 is 2.38 bits per heavy atom. The molecule has 3 amide bonds. The van der Waals surface area contributed by atoms with E-state index >= 15 is 0 Å². The fourth-order valence-electron chi connectivity index (χ4n) is 4.57. The highest BCUT2D eigenvalue weighted by molar-refractivity contribution is 6.06. The quantitative estimate of drug-likeness (QED) is 0.212. The van der Waals surface area contributed by atoms with Crippen molar-refractivity contribution >= 4 is 29.6 Å². The van der Waals surface area contributed by atoms with Gasteiger partial charge < -0.3 is 29.5 Å². The first-order chi connectivity index (χ1) is 20.2. The molecular formula is C29H41N5O8. The number of urea groups is 1. The molecule has 0 aromatic heterocycles. The highest BCUT2D eigenvalue weighted by Gasteiger charge is 2.36. The molecule has 0 radical (unpaired) electrons. The zero-order chi connectivity index (χ0) is 30.5. The summed E-state index contributed by atoms with van der Waals surface area (Å²) in [6.45, 7) is 9.08. The van der Waals surface area contributed by atoms with Crippen LogP contribution in [0.15, 0.2) is 35.5 Å². The number of carbonyl (C=O) groups excluding carboxylic acids is 2. The van der Waals surface area contributed by atoms with Gasteiger partial charge in [0.25, 0.3) is 5.91 Å². The number of amides is 3. The lowest BCUT2D eigenvalue weighted by atomic mass is 10.0. The van der Waals surface area contributed by atoms with Gasteiger partial charge in [0, 0.05) is 56.9 Å². The third-order valence-corrected chi connectivity index (χ3v) is 6.97. The van der Waals surface area contributed by atoms with Gasteiger partial charge >= 0.3 is 18.0 Å². The average Bonchev–Trinajstić information content (AvgIpc) is 3.23. The molecule has 0 atom stereocenters. The minimum atomic E-state index is -1.26.